The Morgan fingerprint density at radius 3 is 2.74 bits per heavy atom. The SMILES string of the molecule is CSC(Oc1ccc2ncc(CF)cc2c1)C(=O)NC(C)(C)C. The third-order valence-electron chi connectivity index (χ3n) is 3.03. The van der Waals surface area contributed by atoms with E-state index in [1.807, 2.05) is 27.0 Å². The van der Waals surface area contributed by atoms with Crippen molar-refractivity contribution in [1.29, 1.82) is 0 Å². The number of rotatable bonds is 5. The molecule has 2 rings (SSSR count). The molecule has 1 aromatic carbocycles. The predicted molar refractivity (Wildman–Crippen MR) is 92.4 cm³/mol. The van der Waals surface area contributed by atoms with E-state index in [0.29, 0.717) is 11.3 Å². The number of alkyl halides is 1. The quantitative estimate of drug-likeness (QED) is 0.846. The van der Waals surface area contributed by atoms with Gasteiger partial charge in [0.2, 0.25) is 5.44 Å². The maximum Gasteiger partial charge on any atom is 0.272 e. The lowest BCUT2D eigenvalue weighted by Gasteiger charge is -2.24. The van der Waals surface area contributed by atoms with Crippen LogP contribution >= 0.6 is 11.8 Å². The van der Waals surface area contributed by atoms with Crippen LogP contribution in [0, 0.1) is 0 Å². The van der Waals surface area contributed by atoms with E-state index in [1.54, 1.807) is 24.3 Å². The summed E-state index contributed by atoms with van der Waals surface area (Å²) in [5, 5.41) is 3.68. The standard InChI is InChI=1S/C17H21FN2O2S/c1-17(2,3)20-15(21)16(23-4)22-13-5-6-14-12(8-13)7-11(9-18)10-19-14/h5-8,10,16H,9H2,1-4H3,(H,20,21). The molecule has 124 valence electrons. The van der Waals surface area contributed by atoms with Gasteiger partial charge in [0.1, 0.15) is 12.4 Å². The molecule has 1 atom stereocenters. The molecule has 1 amide bonds. The third-order valence-corrected chi connectivity index (χ3v) is 3.77. The summed E-state index contributed by atoms with van der Waals surface area (Å²) in [5.41, 5.74) is 0.303. The number of carbonyl (C=O) groups excluding carboxylic acids is 1. The minimum atomic E-state index is -0.649. The summed E-state index contributed by atoms with van der Waals surface area (Å²) < 4.78 is 18.5. The van der Waals surface area contributed by atoms with Crippen LogP contribution in [-0.4, -0.2) is 28.1 Å². The number of amides is 1. The lowest BCUT2D eigenvalue weighted by Crippen LogP contribution is -2.46. The largest absolute Gasteiger partial charge is 0.470 e. The second-order valence-corrected chi connectivity index (χ2v) is 7.16. The van der Waals surface area contributed by atoms with E-state index < -0.39 is 12.1 Å². The average Bonchev–Trinajstić information content (AvgIpc) is 2.49. The van der Waals surface area contributed by atoms with Crippen molar-refractivity contribution in [2.45, 2.75) is 38.4 Å². The van der Waals surface area contributed by atoms with E-state index in [1.165, 1.54) is 18.0 Å². The Hall–Kier alpha value is -1.82. The van der Waals surface area contributed by atoms with Crippen LogP contribution in [0.4, 0.5) is 4.39 Å². The Balaban J connectivity index is 2.20. The molecule has 1 aromatic heterocycles. The number of nitrogens with zero attached hydrogens (tertiary/aromatic N) is 1. The number of aromatic nitrogens is 1. The van der Waals surface area contributed by atoms with Crippen molar-refractivity contribution in [2.75, 3.05) is 6.26 Å². The van der Waals surface area contributed by atoms with Crippen molar-refractivity contribution in [3.05, 3.63) is 36.0 Å². The van der Waals surface area contributed by atoms with E-state index in [-0.39, 0.29) is 11.4 Å². The topological polar surface area (TPSA) is 51.2 Å². The summed E-state index contributed by atoms with van der Waals surface area (Å²) in [7, 11) is 0. The summed E-state index contributed by atoms with van der Waals surface area (Å²) in [6, 6.07) is 7.07. The minimum Gasteiger partial charge on any atom is -0.470 e. The first kappa shape index (κ1) is 17.5. The number of hydrogen-bond donors (Lipinski definition) is 1. The number of fused-ring (bicyclic) bond motifs is 1. The van der Waals surface area contributed by atoms with E-state index in [4.69, 9.17) is 4.74 Å². The highest BCUT2D eigenvalue weighted by Gasteiger charge is 2.23. The van der Waals surface area contributed by atoms with Gasteiger partial charge in [-0.15, -0.1) is 11.8 Å². The van der Waals surface area contributed by atoms with Gasteiger partial charge in [0, 0.05) is 22.7 Å². The molecular formula is C17H21FN2O2S. The summed E-state index contributed by atoms with van der Waals surface area (Å²) in [6.45, 7) is 5.20. The van der Waals surface area contributed by atoms with Crippen LogP contribution in [-0.2, 0) is 11.5 Å². The smallest absolute Gasteiger partial charge is 0.272 e. The van der Waals surface area contributed by atoms with Crippen molar-refractivity contribution >= 4 is 28.6 Å². The maximum absolute atomic E-state index is 12.8. The van der Waals surface area contributed by atoms with Gasteiger partial charge in [-0.05, 0) is 51.3 Å². The van der Waals surface area contributed by atoms with E-state index in [2.05, 4.69) is 10.3 Å². The number of ether oxygens (including phenoxy) is 1. The van der Waals surface area contributed by atoms with Gasteiger partial charge >= 0.3 is 0 Å². The molecule has 6 heteroatoms. The molecule has 1 heterocycles. The highest BCUT2D eigenvalue weighted by atomic mass is 32.2. The molecule has 1 N–H and O–H groups in total. The fraction of sp³-hybridized carbons (Fsp3) is 0.412. The summed E-state index contributed by atoms with van der Waals surface area (Å²) >= 11 is 1.32. The van der Waals surface area contributed by atoms with Gasteiger partial charge in [-0.1, -0.05) is 0 Å². The Kier molecular flexibility index (Phi) is 5.46. The lowest BCUT2D eigenvalue weighted by atomic mass is 10.1. The number of carbonyl (C=O) groups is 1. The highest BCUT2D eigenvalue weighted by Crippen LogP contribution is 2.23. The number of thioether (sulfide) groups is 1. The molecule has 2 aromatic rings. The molecule has 23 heavy (non-hydrogen) atoms. The normalized spacial score (nSPS) is 12.9. The number of pyridine rings is 1. The molecule has 0 aliphatic heterocycles. The summed E-state index contributed by atoms with van der Waals surface area (Å²) in [5.74, 6) is 0.374. The summed E-state index contributed by atoms with van der Waals surface area (Å²) in [4.78, 5) is 16.4. The van der Waals surface area contributed by atoms with Gasteiger partial charge < -0.3 is 10.1 Å². The molecule has 0 spiro atoms. The maximum atomic E-state index is 12.8. The third kappa shape index (κ3) is 4.82. The van der Waals surface area contributed by atoms with Crippen molar-refractivity contribution in [3.63, 3.8) is 0 Å². The molecule has 4 nitrogen and oxygen atoms in total. The fourth-order valence-corrected chi connectivity index (χ4v) is 2.54. The van der Waals surface area contributed by atoms with Crippen LogP contribution in [0.25, 0.3) is 10.9 Å². The van der Waals surface area contributed by atoms with Crippen LogP contribution in [0.5, 0.6) is 5.75 Å². The van der Waals surface area contributed by atoms with Gasteiger partial charge in [-0.3, -0.25) is 9.78 Å². The van der Waals surface area contributed by atoms with Crippen LogP contribution < -0.4 is 10.1 Å². The Labute approximate surface area is 139 Å². The van der Waals surface area contributed by atoms with Gasteiger partial charge in [0.15, 0.2) is 0 Å². The van der Waals surface area contributed by atoms with Gasteiger partial charge in [0.25, 0.3) is 5.91 Å². The highest BCUT2D eigenvalue weighted by molar-refractivity contribution is 7.99. The Morgan fingerprint density at radius 2 is 2.13 bits per heavy atom. The molecule has 0 radical (unpaired) electrons. The van der Waals surface area contributed by atoms with Crippen LogP contribution in [0.1, 0.15) is 26.3 Å². The molecular weight excluding hydrogens is 315 g/mol. The number of halogens is 1. The predicted octanol–water partition coefficient (Wildman–Crippen LogP) is 3.69. The van der Waals surface area contributed by atoms with Crippen LogP contribution in [0.3, 0.4) is 0 Å². The average molecular weight is 336 g/mol. The van der Waals surface area contributed by atoms with E-state index >= 15 is 0 Å². The number of hydrogen-bond acceptors (Lipinski definition) is 4. The first-order chi connectivity index (χ1) is 10.8. The Bertz CT molecular complexity index is 701. The lowest BCUT2D eigenvalue weighted by molar-refractivity contribution is -0.125. The van der Waals surface area contributed by atoms with E-state index in [9.17, 15) is 9.18 Å². The van der Waals surface area contributed by atoms with Crippen molar-refractivity contribution in [3.8, 4) is 5.75 Å². The molecule has 0 saturated carbocycles. The first-order valence-electron chi connectivity index (χ1n) is 7.28. The van der Waals surface area contributed by atoms with Gasteiger partial charge in [-0.2, -0.15) is 0 Å². The number of benzene rings is 1. The fourth-order valence-electron chi connectivity index (χ4n) is 2.06. The second-order valence-electron chi connectivity index (χ2n) is 6.26. The zero-order chi connectivity index (χ0) is 17.0. The zero-order valence-electron chi connectivity index (χ0n) is 13.7. The Morgan fingerprint density at radius 1 is 1.39 bits per heavy atom. The van der Waals surface area contributed by atoms with Crippen molar-refractivity contribution < 1.29 is 13.9 Å². The number of nitrogens with one attached hydrogen (secondary N) is 1. The van der Waals surface area contributed by atoms with Gasteiger partial charge in [-0.25, -0.2) is 4.39 Å². The van der Waals surface area contributed by atoms with Crippen molar-refractivity contribution in [2.24, 2.45) is 0 Å². The summed E-state index contributed by atoms with van der Waals surface area (Å²) in [6.07, 6.45) is 3.33. The van der Waals surface area contributed by atoms with Gasteiger partial charge in [0.05, 0.1) is 5.52 Å². The zero-order valence-corrected chi connectivity index (χ0v) is 14.5. The molecule has 1 unspecified atom stereocenters. The molecule has 0 aliphatic carbocycles. The molecule has 0 fully saturated rings. The van der Waals surface area contributed by atoms with Crippen molar-refractivity contribution in [1.82, 2.24) is 10.3 Å². The van der Waals surface area contributed by atoms with E-state index in [0.717, 1.165) is 10.9 Å². The second kappa shape index (κ2) is 7.17. The molecule has 0 saturated heterocycles. The first-order valence-corrected chi connectivity index (χ1v) is 8.57. The molecule has 0 bridgehead atoms. The molecule has 0 aliphatic rings. The van der Waals surface area contributed by atoms with Crippen LogP contribution in [0.15, 0.2) is 30.5 Å². The minimum absolute atomic E-state index is 0.180. The monoisotopic (exact) mass is 336 g/mol. The van der Waals surface area contributed by atoms with Crippen LogP contribution in [0.2, 0.25) is 0 Å².